The van der Waals surface area contributed by atoms with Gasteiger partial charge in [-0.3, -0.25) is 0 Å². The van der Waals surface area contributed by atoms with Crippen LogP contribution in [-0.4, -0.2) is 11.7 Å². The molecule has 0 atom stereocenters. The second-order valence-electron chi connectivity index (χ2n) is 2.76. The largest absolute Gasteiger partial charge is 0.475 e. The van der Waals surface area contributed by atoms with Crippen molar-refractivity contribution >= 4 is 0 Å². The van der Waals surface area contributed by atoms with Crippen molar-refractivity contribution in [3.05, 3.63) is 29.3 Å². The molecule has 1 aromatic carbocycles. The molecular formula is C11H10F2O2. The third kappa shape index (κ3) is 2.93. The Balaban J connectivity index is 2.91. The lowest BCUT2D eigenvalue weighted by molar-refractivity contribution is 0.278. The zero-order chi connectivity index (χ0) is 11.3. The molecule has 0 aliphatic carbocycles. The molecule has 0 unspecified atom stereocenters. The smallest absolute Gasteiger partial charge is 0.192 e. The summed E-state index contributed by atoms with van der Waals surface area (Å²) in [6.07, 6.45) is 0. The highest BCUT2D eigenvalue weighted by molar-refractivity contribution is 5.31. The molecule has 0 radical (unpaired) electrons. The maximum Gasteiger partial charge on any atom is 0.192 e. The van der Waals surface area contributed by atoms with Crippen molar-refractivity contribution in [2.75, 3.05) is 6.61 Å². The van der Waals surface area contributed by atoms with E-state index in [-0.39, 0.29) is 12.2 Å². The summed E-state index contributed by atoms with van der Waals surface area (Å²) in [6, 6.07) is 2.05. The number of benzene rings is 1. The monoisotopic (exact) mass is 212 g/mol. The van der Waals surface area contributed by atoms with Gasteiger partial charge in [0.25, 0.3) is 0 Å². The zero-order valence-corrected chi connectivity index (χ0v) is 8.18. The Morgan fingerprint density at radius 3 is 2.40 bits per heavy atom. The molecule has 1 rings (SSSR count). The minimum Gasteiger partial charge on any atom is -0.475 e. The first-order valence-corrected chi connectivity index (χ1v) is 4.30. The summed E-state index contributed by atoms with van der Waals surface area (Å²) in [4.78, 5) is 0. The zero-order valence-electron chi connectivity index (χ0n) is 8.18. The van der Waals surface area contributed by atoms with E-state index in [1.54, 1.807) is 6.92 Å². The fourth-order valence-corrected chi connectivity index (χ4v) is 1.02. The second-order valence-corrected chi connectivity index (χ2v) is 2.76. The average Bonchev–Trinajstić information content (AvgIpc) is 2.22. The highest BCUT2D eigenvalue weighted by Crippen LogP contribution is 2.23. The molecule has 1 N–H and O–H groups in total. The van der Waals surface area contributed by atoms with E-state index >= 15 is 0 Å². The van der Waals surface area contributed by atoms with E-state index in [9.17, 15) is 8.78 Å². The summed E-state index contributed by atoms with van der Waals surface area (Å²) in [5.74, 6) is 2.93. The molecular weight excluding hydrogens is 202 g/mol. The predicted octanol–water partition coefficient (Wildman–Crippen LogP) is 1.86. The van der Waals surface area contributed by atoms with Crippen molar-refractivity contribution in [2.24, 2.45) is 0 Å². The SMILES string of the molecule is CC#CCOc1c(F)cc(CO)cc1F. The molecule has 2 nitrogen and oxygen atoms in total. The van der Waals surface area contributed by atoms with Crippen molar-refractivity contribution in [3.63, 3.8) is 0 Å². The number of rotatable bonds is 3. The minimum absolute atomic E-state index is 0.0667. The maximum absolute atomic E-state index is 13.2. The molecule has 0 aromatic heterocycles. The van der Waals surface area contributed by atoms with Crippen molar-refractivity contribution in [1.29, 1.82) is 0 Å². The molecule has 0 fully saturated rings. The number of hydrogen-bond acceptors (Lipinski definition) is 2. The van der Waals surface area contributed by atoms with E-state index in [1.165, 1.54) is 0 Å². The van der Waals surface area contributed by atoms with Crippen LogP contribution in [0.3, 0.4) is 0 Å². The highest BCUT2D eigenvalue weighted by Gasteiger charge is 2.11. The lowest BCUT2D eigenvalue weighted by Crippen LogP contribution is -2.00. The van der Waals surface area contributed by atoms with E-state index in [0.29, 0.717) is 0 Å². The van der Waals surface area contributed by atoms with Gasteiger partial charge in [-0.15, -0.1) is 5.92 Å². The normalized spacial score (nSPS) is 9.33. The first kappa shape index (κ1) is 11.5. The Morgan fingerprint density at radius 2 is 1.93 bits per heavy atom. The average molecular weight is 212 g/mol. The molecule has 0 saturated carbocycles. The van der Waals surface area contributed by atoms with Gasteiger partial charge in [0.1, 0.15) is 6.61 Å². The first-order chi connectivity index (χ1) is 7.19. The van der Waals surface area contributed by atoms with Gasteiger partial charge in [-0.2, -0.15) is 0 Å². The molecule has 0 heterocycles. The van der Waals surface area contributed by atoms with E-state index in [2.05, 4.69) is 11.8 Å². The van der Waals surface area contributed by atoms with Gasteiger partial charge >= 0.3 is 0 Å². The molecule has 0 bridgehead atoms. The van der Waals surface area contributed by atoms with Crippen molar-refractivity contribution < 1.29 is 18.6 Å². The fourth-order valence-electron chi connectivity index (χ4n) is 1.02. The summed E-state index contributed by atoms with van der Waals surface area (Å²) in [5.41, 5.74) is 0.166. The van der Waals surface area contributed by atoms with Gasteiger partial charge < -0.3 is 9.84 Å². The Bertz CT molecular complexity index is 382. The van der Waals surface area contributed by atoms with Crippen LogP contribution < -0.4 is 4.74 Å². The number of hydrogen-bond donors (Lipinski definition) is 1. The number of aliphatic hydroxyl groups excluding tert-OH is 1. The quantitative estimate of drug-likeness (QED) is 0.775. The lowest BCUT2D eigenvalue weighted by atomic mass is 10.2. The van der Waals surface area contributed by atoms with Crippen LogP contribution in [0.2, 0.25) is 0 Å². The predicted molar refractivity (Wildman–Crippen MR) is 51.2 cm³/mol. The van der Waals surface area contributed by atoms with E-state index in [0.717, 1.165) is 12.1 Å². The van der Waals surface area contributed by atoms with Crippen LogP contribution in [0, 0.1) is 23.5 Å². The van der Waals surface area contributed by atoms with Gasteiger partial charge in [-0.25, -0.2) is 8.78 Å². The molecule has 4 heteroatoms. The molecule has 0 amide bonds. The lowest BCUT2D eigenvalue weighted by Gasteiger charge is -2.06. The second kappa shape index (κ2) is 5.32. The van der Waals surface area contributed by atoms with Crippen LogP contribution in [0.15, 0.2) is 12.1 Å². The van der Waals surface area contributed by atoms with Gasteiger partial charge in [0.05, 0.1) is 6.61 Å². The van der Waals surface area contributed by atoms with E-state index in [4.69, 9.17) is 9.84 Å². The Kier molecular flexibility index (Phi) is 4.07. The highest BCUT2D eigenvalue weighted by atomic mass is 19.1. The van der Waals surface area contributed by atoms with Crippen LogP contribution in [0.4, 0.5) is 8.78 Å². The van der Waals surface area contributed by atoms with Crippen LogP contribution >= 0.6 is 0 Å². The standard InChI is InChI=1S/C11H10F2O2/c1-2-3-4-15-11-9(12)5-8(7-14)6-10(11)13/h5-6,14H,4,7H2,1H3. The van der Waals surface area contributed by atoms with Crippen LogP contribution in [-0.2, 0) is 6.61 Å². The molecule has 1 aromatic rings. The van der Waals surface area contributed by atoms with Crippen molar-refractivity contribution in [3.8, 4) is 17.6 Å². The van der Waals surface area contributed by atoms with Crippen LogP contribution in [0.1, 0.15) is 12.5 Å². The Morgan fingerprint density at radius 1 is 1.33 bits per heavy atom. The molecule has 80 valence electrons. The van der Waals surface area contributed by atoms with Crippen LogP contribution in [0.5, 0.6) is 5.75 Å². The Hall–Kier alpha value is -1.60. The molecule has 15 heavy (non-hydrogen) atoms. The van der Waals surface area contributed by atoms with Gasteiger partial charge in [0.2, 0.25) is 0 Å². The van der Waals surface area contributed by atoms with E-state index < -0.39 is 24.0 Å². The number of aliphatic hydroxyl groups is 1. The van der Waals surface area contributed by atoms with Crippen molar-refractivity contribution in [2.45, 2.75) is 13.5 Å². The number of ether oxygens (including phenoxy) is 1. The summed E-state index contributed by atoms with van der Waals surface area (Å²) in [5, 5.41) is 8.70. The fraction of sp³-hybridized carbons (Fsp3) is 0.273. The third-order valence-corrected chi connectivity index (χ3v) is 1.71. The van der Waals surface area contributed by atoms with Crippen molar-refractivity contribution in [1.82, 2.24) is 0 Å². The summed E-state index contributed by atoms with van der Waals surface area (Å²) >= 11 is 0. The molecule has 0 aliphatic heterocycles. The van der Waals surface area contributed by atoms with Crippen LogP contribution in [0.25, 0.3) is 0 Å². The molecule has 0 spiro atoms. The Labute approximate surface area is 86.5 Å². The summed E-state index contributed by atoms with van der Waals surface area (Å²) in [6.45, 7) is 1.12. The molecule has 0 saturated heterocycles. The minimum atomic E-state index is -0.836. The topological polar surface area (TPSA) is 29.5 Å². The summed E-state index contributed by atoms with van der Waals surface area (Å²) in [7, 11) is 0. The number of halogens is 2. The third-order valence-electron chi connectivity index (χ3n) is 1.71. The van der Waals surface area contributed by atoms with Gasteiger partial charge in [0, 0.05) is 0 Å². The van der Waals surface area contributed by atoms with E-state index in [1.807, 2.05) is 0 Å². The van der Waals surface area contributed by atoms with Gasteiger partial charge in [0.15, 0.2) is 17.4 Å². The molecule has 0 aliphatic rings. The van der Waals surface area contributed by atoms with Gasteiger partial charge in [-0.1, -0.05) is 5.92 Å². The van der Waals surface area contributed by atoms with Gasteiger partial charge in [-0.05, 0) is 24.6 Å². The first-order valence-electron chi connectivity index (χ1n) is 4.30. The summed E-state index contributed by atoms with van der Waals surface area (Å²) < 4.78 is 31.2. The maximum atomic E-state index is 13.2.